The molecule has 0 aliphatic carbocycles. The molecule has 0 aliphatic heterocycles. The van der Waals surface area contributed by atoms with E-state index in [1.165, 1.54) is 18.3 Å². The van der Waals surface area contributed by atoms with Crippen LogP contribution in [0.3, 0.4) is 0 Å². The number of nitrogens with one attached hydrogen (secondary N) is 1. The third kappa shape index (κ3) is 3.12. The molecule has 2 heterocycles. The topological polar surface area (TPSA) is 92.2 Å². The summed E-state index contributed by atoms with van der Waals surface area (Å²) in [4.78, 5) is 30.4. The van der Waals surface area contributed by atoms with Crippen molar-refractivity contribution in [1.82, 2.24) is 9.97 Å². The molecule has 0 spiro atoms. The predicted molar refractivity (Wildman–Crippen MR) is 68.1 cm³/mol. The second-order valence-electron chi connectivity index (χ2n) is 3.88. The lowest BCUT2D eigenvalue weighted by atomic mass is 10.2. The van der Waals surface area contributed by atoms with Crippen molar-refractivity contribution in [2.45, 2.75) is 6.92 Å². The van der Waals surface area contributed by atoms with Crippen LogP contribution in [-0.4, -0.2) is 27.0 Å². The minimum Gasteiger partial charge on any atom is -0.478 e. The first-order chi connectivity index (χ1) is 9.06. The summed E-state index contributed by atoms with van der Waals surface area (Å²) in [5, 5.41) is 11.3. The van der Waals surface area contributed by atoms with Crippen LogP contribution in [0.25, 0.3) is 0 Å². The van der Waals surface area contributed by atoms with Gasteiger partial charge in [-0.05, 0) is 31.2 Å². The average Bonchev–Trinajstić information content (AvgIpc) is 2.39. The van der Waals surface area contributed by atoms with Gasteiger partial charge in [-0.3, -0.25) is 9.78 Å². The molecule has 0 fully saturated rings. The van der Waals surface area contributed by atoms with Gasteiger partial charge in [-0.15, -0.1) is 0 Å². The summed E-state index contributed by atoms with van der Waals surface area (Å²) in [6.45, 7) is 1.79. The summed E-state index contributed by atoms with van der Waals surface area (Å²) in [6.07, 6.45) is 2.74. The Hall–Kier alpha value is -2.76. The lowest BCUT2D eigenvalue weighted by Crippen LogP contribution is -2.13. The monoisotopic (exact) mass is 257 g/mol. The molecule has 2 N–H and O–H groups in total. The average molecular weight is 257 g/mol. The number of carbonyl (C=O) groups is 2. The number of carbonyl (C=O) groups excluding carboxylic acids is 1. The predicted octanol–water partition coefficient (Wildman–Crippen LogP) is 1.74. The molecule has 96 valence electrons. The molecule has 0 saturated carbocycles. The van der Waals surface area contributed by atoms with Gasteiger partial charge in [-0.25, -0.2) is 9.78 Å². The number of carboxylic acid groups (broad SMARTS) is 1. The first-order valence-electron chi connectivity index (χ1n) is 5.49. The lowest BCUT2D eigenvalue weighted by Gasteiger charge is -2.05. The van der Waals surface area contributed by atoms with Gasteiger partial charge in [0.15, 0.2) is 0 Å². The number of aromatic carboxylic acids is 1. The zero-order valence-electron chi connectivity index (χ0n) is 10.1. The third-order valence-corrected chi connectivity index (χ3v) is 2.41. The Morgan fingerprint density at radius 1 is 1.16 bits per heavy atom. The highest BCUT2D eigenvalue weighted by molar-refractivity contribution is 6.03. The lowest BCUT2D eigenvalue weighted by molar-refractivity contribution is 0.0696. The quantitative estimate of drug-likeness (QED) is 0.873. The molecule has 0 saturated heterocycles. The molecule has 2 aromatic rings. The SMILES string of the molecule is Cc1cc(C(=O)Nc2ccc(C(=O)O)cn2)ccn1. The van der Waals surface area contributed by atoms with E-state index in [4.69, 9.17) is 5.11 Å². The number of aromatic nitrogens is 2. The molecule has 0 bridgehead atoms. The van der Waals surface area contributed by atoms with Gasteiger partial charge in [0.1, 0.15) is 5.82 Å². The van der Waals surface area contributed by atoms with Crippen LogP contribution in [0.15, 0.2) is 36.7 Å². The maximum atomic E-state index is 11.9. The molecule has 19 heavy (non-hydrogen) atoms. The number of aryl methyl sites for hydroxylation is 1. The molecule has 0 unspecified atom stereocenters. The fourth-order valence-corrected chi connectivity index (χ4v) is 1.47. The van der Waals surface area contributed by atoms with Crippen LogP contribution in [0.4, 0.5) is 5.82 Å². The van der Waals surface area contributed by atoms with Crippen molar-refractivity contribution in [3.8, 4) is 0 Å². The van der Waals surface area contributed by atoms with E-state index < -0.39 is 5.97 Å². The smallest absolute Gasteiger partial charge is 0.337 e. The number of amides is 1. The first kappa shape index (κ1) is 12.7. The van der Waals surface area contributed by atoms with E-state index in [2.05, 4.69) is 15.3 Å². The molecular weight excluding hydrogens is 246 g/mol. The van der Waals surface area contributed by atoms with Crippen LogP contribution in [0, 0.1) is 6.92 Å². The van der Waals surface area contributed by atoms with E-state index in [1.807, 2.05) is 0 Å². The normalized spacial score (nSPS) is 9.95. The number of hydrogen-bond acceptors (Lipinski definition) is 4. The Labute approximate surface area is 109 Å². The van der Waals surface area contributed by atoms with Gasteiger partial charge in [0.25, 0.3) is 5.91 Å². The van der Waals surface area contributed by atoms with Gasteiger partial charge < -0.3 is 10.4 Å². The van der Waals surface area contributed by atoms with E-state index in [0.29, 0.717) is 11.4 Å². The van der Waals surface area contributed by atoms with Crippen LogP contribution in [0.2, 0.25) is 0 Å². The zero-order chi connectivity index (χ0) is 13.8. The van der Waals surface area contributed by atoms with Gasteiger partial charge in [0.05, 0.1) is 5.56 Å². The number of anilines is 1. The number of nitrogens with zero attached hydrogens (tertiary/aromatic N) is 2. The molecule has 6 nitrogen and oxygen atoms in total. The fraction of sp³-hybridized carbons (Fsp3) is 0.0769. The van der Waals surface area contributed by atoms with Gasteiger partial charge in [0, 0.05) is 23.7 Å². The molecule has 1 amide bonds. The van der Waals surface area contributed by atoms with Crippen LogP contribution < -0.4 is 5.32 Å². The van der Waals surface area contributed by atoms with E-state index in [-0.39, 0.29) is 11.5 Å². The van der Waals surface area contributed by atoms with Crippen molar-refractivity contribution < 1.29 is 14.7 Å². The third-order valence-electron chi connectivity index (χ3n) is 2.41. The Morgan fingerprint density at radius 3 is 2.53 bits per heavy atom. The van der Waals surface area contributed by atoms with Crippen LogP contribution in [0.5, 0.6) is 0 Å². The second-order valence-corrected chi connectivity index (χ2v) is 3.88. The van der Waals surface area contributed by atoms with Crippen molar-refractivity contribution in [2.24, 2.45) is 0 Å². The maximum Gasteiger partial charge on any atom is 0.337 e. The summed E-state index contributed by atoms with van der Waals surface area (Å²) >= 11 is 0. The largest absolute Gasteiger partial charge is 0.478 e. The molecule has 0 aliphatic rings. The molecule has 2 rings (SSSR count). The summed E-state index contributed by atoms with van der Waals surface area (Å²) in [5.74, 6) is -1.08. The Bertz CT molecular complexity index is 623. The van der Waals surface area contributed by atoms with Crippen molar-refractivity contribution >= 4 is 17.7 Å². The van der Waals surface area contributed by atoms with Crippen molar-refractivity contribution in [1.29, 1.82) is 0 Å². The molecule has 2 aromatic heterocycles. The van der Waals surface area contributed by atoms with E-state index >= 15 is 0 Å². The standard InChI is InChI=1S/C13H11N3O3/c1-8-6-9(4-5-14-8)12(17)16-11-3-2-10(7-15-11)13(18)19/h2-7H,1H3,(H,18,19)(H,15,16,17). The first-order valence-corrected chi connectivity index (χ1v) is 5.49. The minimum absolute atomic E-state index is 0.0674. The highest BCUT2D eigenvalue weighted by atomic mass is 16.4. The Balaban J connectivity index is 2.13. The Morgan fingerprint density at radius 2 is 1.95 bits per heavy atom. The van der Waals surface area contributed by atoms with Crippen molar-refractivity contribution in [2.75, 3.05) is 5.32 Å². The van der Waals surface area contributed by atoms with E-state index in [0.717, 1.165) is 5.69 Å². The van der Waals surface area contributed by atoms with Crippen molar-refractivity contribution in [3.05, 3.63) is 53.5 Å². The molecule has 0 aromatic carbocycles. The van der Waals surface area contributed by atoms with Gasteiger partial charge in [-0.1, -0.05) is 0 Å². The molecule has 0 atom stereocenters. The number of pyridine rings is 2. The van der Waals surface area contributed by atoms with Crippen molar-refractivity contribution in [3.63, 3.8) is 0 Å². The number of hydrogen-bond donors (Lipinski definition) is 2. The summed E-state index contributed by atoms with van der Waals surface area (Å²) in [5.41, 5.74) is 1.27. The van der Waals surface area contributed by atoms with Crippen LogP contribution >= 0.6 is 0 Å². The maximum absolute atomic E-state index is 11.9. The minimum atomic E-state index is -1.06. The highest BCUT2D eigenvalue weighted by Crippen LogP contribution is 2.08. The van der Waals surface area contributed by atoms with Gasteiger partial charge in [0.2, 0.25) is 0 Å². The molecule has 0 radical (unpaired) electrons. The highest BCUT2D eigenvalue weighted by Gasteiger charge is 2.08. The van der Waals surface area contributed by atoms with Crippen LogP contribution in [0.1, 0.15) is 26.4 Å². The summed E-state index contributed by atoms with van der Waals surface area (Å²) < 4.78 is 0. The van der Waals surface area contributed by atoms with E-state index in [9.17, 15) is 9.59 Å². The molecule has 6 heteroatoms. The number of rotatable bonds is 3. The second kappa shape index (κ2) is 5.26. The van der Waals surface area contributed by atoms with Crippen LogP contribution in [-0.2, 0) is 0 Å². The fourth-order valence-electron chi connectivity index (χ4n) is 1.47. The van der Waals surface area contributed by atoms with E-state index in [1.54, 1.807) is 25.3 Å². The number of carboxylic acids is 1. The zero-order valence-corrected chi connectivity index (χ0v) is 10.1. The summed E-state index contributed by atoms with van der Waals surface area (Å²) in [7, 11) is 0. The Kier molecular flexibility index (Phi) is 3.51. The van der Waals surface area contributed by atoms with Gasteiger partial charge >= 0.3 is 5.97 Å². The molecular formula is C13H11N3O3. The summed E-state index contributed by atoms with van der Waals surface area (Å²) in [6, 6.07) is 6.06. The van der Waals surface area contributed by atoms with Gasteiger partial charge in [-0.2, -0.15) is 0 Å².